The Kier molecular flexibility index (Phi) is 8.81. The number of nitrogens with one attached hydrogen (secondary N) is 3. The number of benzene rings is 2. The molecule has 0 atom stereocenters. The van der Waals surface area contributed by atoms with E-state index < -0.39 is 0 Å². The Labute approximate surface area is 166 Å². The molecule has 7 nitrogen and oxygen atoms in total. The summed E-state index contributed by atoms with van der Waals surface area (Å²) in [5.41, 5.74) is 2.88. The summed E-state index contributed by atoms with van der Waals surface area (Å²) in [5, 5.41) is 9.03. The summed E-state index contributed by atoms with van der Waals surface area (Å²) >= 11 is 0. The van der Waals surface area contributed by atoms with Crippen molar-refractivity contribution >= 4 is 17.6 Å². The number of methoxy groups -OCH3 is 1. The minimum absolute atomic E-state index is 0.111. The third-order valence-corrected chi connectivity index (χ3v) is 3.91. The van der Waals surface area contributed by atoms with Crippen molar-refractivity contribution < 1.29 is 14.3 Å². The van der Waals surface area contributed by atoms with E-state index in [4.69, 9.17) is 9.47 Å². The molecule has 28 heavy (non-hydrogen) atoms. The summed E-state index contributed by atoms with van der Waals surface area (Å²) < 4.78 is 10.8. The molecule has 3 N–H and O–H groups in total. The zero-order chi connectivity index (χ0) is 20.2. The number of aliphatic imine (C=N–C) groups is 1. The highest BCUT2D eigenvalue weighted by Crippen LogP contribution is 2.20. The van der Waals surface area contributed by atoms with Gasteiger partial charge in [0.15, 0.2) is 5.96 Å². The first-order valence-electron chi connectivity index (χ1n) is 9.13. The second-order valence-corrected chi connectivity index (χ2v) is 6.15. The molecule has 0 heterocycles. The van der Waals surface area contributed by atoms with Crippen LogP contribution in [0.25, 0.3) is 0 Å². The van der Waals surface area contributed by atoms with Crippen molar-refractivity contribution in [3.05, 3.63) is 59.7 Å². The Bertz CT molecular complexity index is 778. The lowest BCUT2D eigenvalue weighted by atomic mass is 10.1. The maximum Gasteiger partial charge on any atom is 0.243 e. The van der Waals surface area contributed by atoms with Gasteiger partial charge >= 0.3 is 0 Å². The standard InChI is InChI=1S/C21H28N4O3/c1-16-9-10-17(19(13-16)28-12-11-27-3)14-23-21(22-2)24-15-20(26)25-18-7-5-4-6-8-18/h4-10,13H,11-12,14-15H2,1-3H3,(H,25,26)(H2,22,23,24). The number of anilines is 1. The molecule has 0 saturated heterocycles. The van der Waals surface area contributed by atoms with Crippen LogP contribution < -0.4 is 20.7 Å². The molecule has 2 rings (SSSR count). The number of nitrogens with zero attached hydrogens (tertiary/aromatic N) is 1. The van der Waals surface area contributed by atoms with Crippen molar-refractivity contribution in [1.29, 1.82) is 0 Å². The van der Waals surface area contributed by atoms with Gasteiger partial charge in [-0.3, -0.25) is 9.79 Å². The Morgan fingerprint density at radius 1 is 1.07 bits per heavy atom. The molecule has 0 saturated carbocycles. The van der Waals surface area contributed by atoms with Crippen molar-refractivity contribution in [2.24, 2.45) is 4.99 Å². The summed E-state index contributed by atoms with van der Waals surface area (Å²) in [6, 6.07) is 15.4. The minimum Gasteiger partial charge on any atom is -0.491 e. The quantitative estimate of drug-likeness (QED) is 0.351. The first-order chi connectivity index (χ1) is 13.6. The Balaban J connectivity index is 1.85. The van der Waals surface area contributed by atoms with Crippen LogP contribution in [0.4, 0.5) is 5.69 Å². The summed E-state index contributed by atoms with van der Waals surface area (Å²) in [6.45, 7) is 3.66. The number of carbonyl (C=O) groups is 1. The maximum atomic E-state index is 12.1. The van der Waals surface area contributed by atoms with Gasteiger partial charge < -0.3 is 25.4 Å². The average Bonchev–Trinajstić information content (AvgIpc) is 2.70. The lowest BCUT2D eigenvalue weighted by Crippen LogP contribution is -2.41. The highest BCUT2D eigenvalue weighted by molar-refractivity contribution is 5.94. The van der Waals surface area contributed by atoms with Crippen molar-refractivity contribution in [3.63, 3.8) is 0 Å². The summed E-state index contributed by atoms with van der Waals surface area (Å²) in [7, 11) is 3.31. The molecule has 0 unspecified atom stereocenters. The summed E-state index contributed by atoms with van der Waals surface area (Å²) in [5.74, 6) is 1.20. The molecular weight excluding hydrogens is 356 g/mol. The average molecular weight is 384 g/mol. The second kappa shape index (κ2) is 11.6. The van der Waals surface area contributed by atoms with Crippen LogP contribution in [0.1, 0.15) is 11.1 Å². The first kappa shape index (κ1) is 21.2. The smallest absolute Gasteiger partial charge is 0.243 e. The van der Waals surface area contributed by atoms with Crippen molar-refractivity contribution in [3.8, 4) is 5.75 Å². The zero-order valence-electron chi connectivity index (χ0n) is 16.6. The fourth-order valence-electron chi connectivity index (χ4n) is 2.47. The fourth-order valence-corrected chi connectivity index (χ4v) is 2.47. The van der Waals surface area contributed by atoms with Crippen molar-refractivity contribution in [1.82, 2.24) is 10.6 Å². The Morgan fingerprint density at radius 2 is 1.86 bits per heavy atom. The van der Waals surface area contributed by atoms with E-state index in [1.165, 1.54) is 0 Å². The number of rotatable bonds is 9. The van der Waals surface area contributed by atoms with E-state index in [0.29, 0.717) is 25.7 Å². The highest BCUT2D eigenvalue weighted by atomic mass is 16.5. The first-order valence-corrected chi connectivity index (χ1v) is 9.13. The number of hydrogen-bond acceptors (Lipinski definition) is 4. The maximum absolute atomic E-state index is 12.1. The lowest BCUT2D eigenvalue weighted by Gasteiger charge is -2.15. The predicted molar refractivity (Wildman–Crippen MR) is 112 cm³/mol. The topological polar surface area (TPSA) is 84.0 Å². The normalized spacial score (nSPS) is 11.0. The Morgan fingerprint density at radius 3 is 2.57 bits per heavy atom. The van der Waals surface area contributed by atoms with Crippen LogP contribution in [0.5, 0.6) is 5.75 Å². The highest BCUT2D eigenvalue weighted by Gasteiger charge is 2.07. The zero-order valence-corrected chi connectivity index (χ0v) is 16.6. The molecule has 0 bridgehead atoms. The van der Waals surface area contributed by atoms with Crippen LogP contribution in [0.15, 0.2) is 53.5 Å². The molecule has 0 aliphatic rings. The van der Waals surface area contributed by atoms with Gasteiger partial charge in [-0.2, -0.15) is 0 Å². The third-order valence-electron chi connectivity index (χ3n) is 3.91. The van der Waals surface area contributed by atoms with Crippen LogP contribution in [-0.4, -0.2) is 45.8 Å². The minimum atomic E-state index is -0.145. The molecule has 0 radical (unpaired) electrons. The van der Waals surface area contributed by atoms with E-state index in [1.807, 2.05) is 55.5 Å². The number of para-hydroxylation sites is 1. The Hall–Kier alpha value is -3.06. The third kappa shape index (κ3) is 7.28. The van der Waals surface area contributed by atoms with Gasteiger partial charge in [-0.15, -0.1) is 0 Å². The molecule has 2 aromatic carbocycles. The van der Waals surface area contributed by atoms with E-state index in [9.17, 15) is 4.79 Å². The molecule has 150 valence electrons. The lowest BCUT2D eigenvalue weighted by molar-refractivity contribution is -0.115. The largest absolute Gasteiger partial charge is 0.491 e. The van der Waals surface area contributed by atoms with Crippen LogP contribution >= 0.6 is 0 Å². The van der Waals surface area contributed by atoms with Gasteiger partial charge in [-0.25, -0.2) is 0 Å². The number of carbonyl (C=O) groups excluding carboxylic acids is 1. The molecule has 1 amide bonds. The van der Waals surface area contributed by atoms with Crippen molar-refractivity contribution in [2.75, 3.05) is 39.2 Å². The number of ether oxygens (including phenoxy) is 2. The predicted octanol–water partition coefficient (Wildman–Crippen LogP) is 2.32. The molecule has 0 aliphatic carbocycles. The van der Waals surface area contributed by atoms with Gasteiger partial charge in [0.2, 0.25) is 5.91 Å². The van der Waals surface area contributed by atoms with Crippen LogP contribution in [0, 0.1) is 6.92 Å². The van der Waals surface area contributed by atoms with E-state index in [-0.39, 0.29) is 12.5 Å². The van der Waals surface area contributed by atoms with Crippen LogP contribution in [0.3, 0.4) is 0 Å². The van der Waals surface area contributed by atoms with Gasteiger partial charge in [-0.05, 0) is 30.7 Å². The number of aryl methyl sites for hydroxylation is 1. The van der Waals surface area contributed by atoms with Gasteiger partial charge in [0.1, 0.15) is 12.4 Å². The summed E-state index contributed by atoms with van der Waals surface area (Å²) in [6.07, 6.45) is 0. The molecule has 7 heteroatoms. The summed E-state index contributed by atoms with van der Waals surface area (Å²) in [4.78, 5) is 16.2. The molecule has 0 aliphatic heterocycles. The molecule has 0 aromatic heterocycles. The van der Waals surface area contributed by atoms with Gasteiger partial charge in [0, 0.05) is 32.0 Å². The van der Waals surface area contributed by atoms with Crippen LogP contribution in [-0.2, 0) is 16.1 Å². The van der Waals surface area contributed by atoms with Crippen LogP contribution in [0.2, 0.25) is 0 Å². The van der Waals surface area contributed by atoms with E-state index in [1.54, 1.807) is 14.2 Å². The number of amides is 1. The SMILES string of the molecule is CN=C(NCC(=O)Nc1ccccc1)NCc1ccc(C)cc1OCCOC. The molecule has 2 aromatic rings. The van der Waals surface area contributed by atoms with E-state index in [2.05, 4.69) is 20.9 Å². The van der Waals surface area contributed by atoms with E-state index in [0.717, 1.165) is 22.6 Å². The van der Waals surface area contributed by atoms with Gasteiger partial charge in [-0.1, -0.05) is 30.3 Å². The molecule has 0 fully saturated rings. The van der Waals surface area contributed by atoms with Gasteiger partial charge in [0.25, 0.3) is 0 Å². The van der Waals surface area contributed by atoms with E-state index >= 15 is 0 Å². The second-order valence-electron chi connectivity index (χ2n) is 6.15. The molecule has 0 spiro atoms. The van der Waals surface area contributed by atoms with Gasteiger partial charge in [0.05, 0.1) is 13.2 Å². The number of hydrogen-bond donors (Lipinski definition) is 3. The monoisotopic (exact) mass is 384 g/mol. The number of guanidine groups is 1. The fraction of sp³-hybridized carbons (Fsp3) is 0.333. The van der Waals surface area contributed by atoms with Crippen molar-refractivity contribution in [2.45, 2.75) is 13.5 Å². The molecular formula is C21H28N4O3.